The van der Waals surface area contributed by atoms with E-state index in [0.717, 1.165) is 33.4 Å². The number of nitrogen functional groups attached to an aromatic ring is 2. The van der Waals surface area contributed by atoms with Gasteiger partial charge in [0.05, 0.1) is 0 Å². The molecule has 0 bridgehead atoms. The molecule has 4 aromatic rings. The zero-order chi connectivity index (χ0) is 22.5. The molecular formula is C26H25ClN4O2. The van der Waals surface area contributed by atoms with Gasteiger partial charge in [0.25, 0.3) is 0 Å². The highest BCUT2D eigenvalue weighted by Gasteiger charge is 2.08. The van der Waals surface area contributed by atoms with Gasteiger partial charge in [0, 0.05) is 21.9 Å². The molecule has 0 spiro atoms. The Bertz CT molecular complexity index is 1170. The second-order valence-corrected chi connectivity index (χ2v) is 7.41. The zero-order valence-electron chi connectivity index (χ0n) is 17.9. The van der Waals surface area contributed by atoms with Gasteiger partial charge >= 0.3 is 0 Å². The van der Waals surface area contributed by atoms with Crippen molar-refractivity contribution in [1.82, 2.24) is 0 Å². The molecular weight excluding hydrogens is 436 g/mol. The Morgan fingerprint density at radius 2 is 0.939 bits per heavy atom. The molecule has 168 valence electrons. The average Bonchev–Trinajstić information content (AvgIpc) is 2.81. The highest BCUT2D eigenvalue weighted by atomic mass is 35.5. The molecule has 0 fully saturated rings. The maximum Gasteiger partial charge on any atom is 0.127 e. The largest absolute Gasteiger partial charge is 0.488 e. The van der Waals surface area contributed by atoms with E-state index in [4.69, 9.17) is 31.8 Å². The lowest BCUT2D eigenvalue weighted by Crippen LogP contribution is -2.10. The molecule has 0 unspecified atom stereocenters. The quantitative estimate of drug-likeness (QED) is 0.219. The van der Waals surface area contributed by atoms with Gasteiger partial charge in [0.1, 0.15) is 36.4 Å². The molecule has 0 aromatic heterocycles. The van der Waals surface area contributed by atoms with Crippen LogP contribution in [0.15, 0.2) is 84.9 Å². The lowest BCUT2D eigenvalue weighted by molar-refractivity contribution is 0.306. The van der Waals surface area contributed by atoms with Gasteiger partial charge in [-0.3, -0.25) is 10.8 Å². The Morgan fingerprint density at radius 3 is 1.27 bits per heavy atom. The summed E-state index contributed by atoms with van der Waals surface area (Å²) in [5.74, 6) is 1.64. The number of amidine groups is 2. The fraction of sp³-hybridized carbons (Fsp3) is 0.0769. The van der Waals surface area contributed by atoms with E-state index in [9.17, 15) is 0 Å². The SMILES string of the molecule is Cl.N=C(N)c1ccc(COc2cccc3c(OCc4ccc(C(=N)N)cc4)cccc23)cc1. The maximum absolute atomic E-state index is 7.49. The minimum atomic E-state index is 0. The van der Waals surface area contributed by atoms with Gasteiger partial charge in [-0.15, -0.1) is 12.4 Å². The Kier molecular flexibility index (Phi) is 7.53. The van der Waals surface area contributed by atoms with E-state index in [1.54, 1.807) is 0 Å². The second kappa shape index (κ2) is 10.5. The van der Waals surface area contributed by atoms with Gasteiger partial charge in [-0.1, -0.05) is 72.8 Å². The van der Waals surface area contributed by atoms with Crippen molar-refractivity contribution >= 4 is 34.9 Å². The van der Waals surface area contributed by atoms with E-state index in [1.807, 2.05) is 84.9 Å². The molecule has 0 saturated carbocycles. The first-order valence-corrected chi connectivity index (χ1v) is 10.2. The Hall–Kier alpha value is -4.03. The third-order valence-electron chi connectivity index (χ3n) is 5.16. The zero-order valence-corrected chi connectivity index (χ0v) is 18.7. The summed E-state index contributed by atoms with van der Waals surface area (Å²) in [7, 11) is 0. The summed E-state index contributed by atoms with van der Waals surface area (Å²) >= 11 is 0. The fourth-order valence-corrected chi connectivity index (χ4v) is 3.39. The molecule has 0 aliphatic heterocycles. The van der Waals surface area contributed by atoms with Crippen LogP contribution < -0.4 is 20.9 Å². The van der Waals surface area contributed by atoms with Crippen molar-refractivity contribution in [2.45, 2.75) is 13.2 Å². The van der Waals surface area contributed by atoms with Crippen molar-refractivity contribution in [3.05, 3.63) is 107 Å². The number of hydrogen-bond donors (Lipinski definition) is 4. The molecule has 0 aliphatic carbocycles. The Labute approximate surface area is 198 Å². The van der Waals surface area contributed by atoms with Crippen molar-refractivity contribution in [2.75, 3.05) is 0 Å². The second-order valence-electron chi connectivity index (χ2n) is 7.41. The molecule has 0 saturated heterocycles. The van der Waals surface area contributed by atoms with Crippen molar-refractivity contribution in [3.8, 4) is 11.5 Å². The van der Waals surface area contributed by atoms with Crippen LogP contribution in [0.1, 0.15) is 22.3 Å². The third kappa shape index (κ3) is 5.61. The van der Waals surface area contributed by atoms with Gasteiger partial charge in [0.15, 0.2) is 0 Å². The van der Waals surface area contributed by atoms with Gasteiger partial charge in [-0.05, 0) is 23.3 Å². The van der Waals surface area contributed by atoms with Crippen LogP contribution in [0.5, 0.6) is 11.5 Å². The van der Waals surface area contributed by atoms with Crippen molar-refractivity contribution < 1.29 is 9.47 Å². The minimum absolute atomic E-state index is 0. The van der Waals surface area contributed by atoms with E-state index in [0.29, 0.717) is 24.3 Å². The molecule has 4 rings (SSSR count). The lowest BCUT2D eigenvalue weighted by Gasteiger charge is -2.13. The number of nitrogens with two attached hydrogens (primary N) is 2. The van der Waals surface area contributed by atoms with E-state index in [-0.39, 0.29) is 24.1 Å². The molecule has 0 heterocycles. The van der Waals surface area contributed by atoms with Crippen molar-refractivity contribution in [3.63, 3.8) is 0 Å². The van der Waals surface area contributed by atoms with E-state index in [1.165, 1.54) is 0 Å². The summed E-state index contributed by atoms with van der Waals surface area (Å²) in [6, 6.07) is 26.7. The number of rotatable bonds is 8. The van der Waals surface area contributed by atoms with Crippen molar-refractivity contribution in [2.24, 2.45) is 11.5 Å². The van der Waals surface area contributed by atoms with Crippen LogP contribution in [-0.2, 0) is 13.2 Å². The number of benzene rings is 4. The fourth-order valence-electron chi connectivity index (χ4n) is 3.39. The monoisotopic (exact) mass is 460 g/mol. The maximum atomic E-state index is 7.49. The molecule has 0 aliphatic rings. The highest BCUT2D eigenvalue weighted by molar-refractivity contribution is 5.95. The summed E-state index contributed by atoms with van der Waals surface area (Å²) < 4.78 is 12.2. The van der Waals surface area contributed by atoms with Crippen molar-refractivity contribution in [1.29, 1.82) is 10.8 Å². The molecule has 0 amide bonds. The molecule has 0 radical (unpaired) electrons. The van der Waals surface area contributed by atoms with Gasteiger partial charge in [-0.25, -0.2) is 0 Å². The number of hydrogen-bond acceptors (Lipinski definition) is 4. The van der Waals surface area contributed by atoms with Crippen LogP contribution in [0.2, 0.25) is 0 Å². The molecule has 7 heteroatoms. The lowest BCUT2D eigenvalue weighted by atomic mass is 10.1. The predicted molar refractivity (Wildman–Crippen MR) is 135 cm³/mol. The molecule has 4 aromatic carbocycles. The summed E-state index contributed by atoms with van der Waals surface area (Å²) in [6.07, 6.45) is 0. The summed E-state index contributed by atoms with van der Waals surface area (Å²) in [5, 5.41) is 16.9. The van der Waals surface area contributed by atoms with Crippen LogP contribution in [-0.4, -0.2) is 11.7 Å². The van der Waals surface area contributed by atoms with Crippen LogP contribution in [0.25, 0.3) is 10.8 Å². The number of halogens is 1. The topological polar surface area (TPSA) is 118 Å². The van der Waals surface area contributed by atoms with Gasteiger partial charge in [-0.2, -0.15) is 0 Å². The van der Waals surface area contributed by atoms with E-state index < -0.39 is 0 Å². The first-order valence-electron chi connectivity index (χ1n) is 10.2. The van der Waals surface area contributed by atoms with Crippen LogP contribution in [0.4, 0.5) is 0 Å². The number of ether oxygens (including phenoxy) is 2. The van der Waals surface area contributed by atoms with Crippen LogP contribution in [0.3, 0.4) is 0 Å². The van der Waals surface area contributed by atoms with E-state index >= 15 is 0 Å². The summed E-state index contributed by atoms with van der Waals surface area (Å²) in [4.78, 5) is 0. The molecule has 6 N–H and O–H groups in total. The third-order valence-corrected chi connectivity index (χ3v) is 5.16. The molecule has 6 nitrogen and oxygen atoms in total. The molecule has 33 heavy (non-hydrogen) atoms. The highest BCUT2D eigenvalue weighted by Crippen LogP contribution is 2.33. The van der Waals surface area contributed by atoms with Gasteiger partial charge < -0.3 is 20.9 Å². The minimum Gasteiger partial charge on any atom is -0.488 e. The average molecular weight is 461 g/mol. The number of fused-ring (bicyclic) bond motifs is 1. The summed E-state index contributed by atoms with van der Waals surface area (Å²) in [5.41, 5.74) is 14.4. The van der Waals surface area contributed by atoms with E-state index in [2.05, 4.69) is 0 Å². The van der Waals surface area contributed by atoms with Gasteiger partial charge in [0.2, 0.25) is 0 Å². The first kappa shape index (κ1) is 23.6. The number of nitrogens with one attached hydrogen (secondary N) is 2. The summed E-state index contributed by atoms with van der Waals surface area (Å²) in [6.45, 7) is 0.815. The molecule has 0 atom stereocenters. The normalized spacial score (nSPS) is 10.3. The first-order chi connectivity index (χ1) is 15.5. The van der Waals surface area contributed by atoms with Crippen LogP contribution in [0, 0.1) is 10.8 Å². The standard InChI is InChI=1S/C26H24N4O2.ClH/c27-25(28)19-11-7-17(8-12-19)15-31-23-5-1-3-21-22(23)4-2-6-24(21)32-16-18-9-13-20(14-10-18)26(29)30;/h1-14H,15-16H2,(H3,27,28)(H3,29,30);1H. The Balaban J connectivity index is 0.00000306. The smallest absolute Gasteiger partial charge is 0.127 e. The predicted octanol–water partition coefficient (Wildman–Crippen LogP) is 4.99. The van der Waals surface area contributed by atoms with Crippen LogP contribution >= 0.6 is 12.4 Å². The Morgan fingerprint density at radius 1 is 0.576 bits per heavy atom.